The van der Waals surface area contributed by atoms with Crippen LogP contribution in [-0.4, -0.2) is 5.91 Å². The van der Waals surface area contributed by atoms with E-state index in [-0.39, 0.29) is 17.8 Å². The van der Waals surface area contributed by atoms with Gasteiger partial charge in [-0.2, -0.15) is 0 Å². The molecular weight excluding hydrogens is 289 g/mol. The fourth-order valence-corrected chi connectivity index (χ4v) is 2.77. The number of unbranched alkanes of at least 4 members (excludes halogenated alkanes) is 8. The van der Waals surface area contributed by atoms with E-state index in [1.54, 1.807) is 6.07 Å². The molecule has 0 saturated carbocycles. The highest BCUT2D eigenvalue weighted by atomic mass is 19.1. The second-order valence-corrected chi connectivity index (χ2v) is 6.42. The molecule has 1 aromatic carbocycles. The molecule has 1 atom stereocenters. The molecule has 0 aliphatic rings. The van der Waals surface area contributed by atoms with Crippen LogP contribution >= 0.6 is 0 Å². The predicted molar refractivity (Wildman–Crippen MR) is 94.8 cm³/mol. The third kappa shape index (κ3) is 9.37. The Morgan fingerprint density at radius 3 is 2.26 bits per heavy atom. The number of amides is 1. The summed E-state index contributed by atoms with van der Waals surface area (Å²) >= 11 is 0. The zero-order valence-electron chi connectivity index (χ0n) is 14.7. The van der Waals surface area contributed by atoms with Crippen molar-refractivity contribution >= 4 is 5.91 Å². The van der Waals surface area contributed by atoms with Crippen LogP contribution in [0.25, 0.3) is 0 Å². The maximum Gasteiger partial charge on any atom is 0.220 e. The Morgan fingerprint density at radius 1 is 1.04 bits per heavy atom. The molecule has 130 valence electrons. The number of rotatable bonds is 12. The molecule has 1 aromatic rings. The van der Waals surface area contributed by atoms with E-state index < -0.39 is 0 Å². The summed E-state index contributed by atoms with van der Waals surface area (Å²) in [5, 5.41) is 2.94. The van der Waals surface area contributed by atoms with Gasteiger partial charge in [0.05, 0.1) is 6.04 Å². The third-order valence-electron chi connectivity index (χ3n) is 4.23. The first-order chi connectivity index (χ1) is 11.1. The molecule has 0 saturated heterocycles. The van der Waals surface area contributed by atoms with Crippen molar-refractivity contribution < 1.29 is 9.18 Å². The van der Waals surface area contributed by atoms with Crippen molar-refractivity contribution in [3.63, 3.8) is 0 Å². The van der Waals surface area contributed by atoms with Gasteiger partial charge in [0.15, 0.2) is 0 Å². The van der Waals surface area contributed by atoms with E-state index in [1.807, 2.05) is 13.0 Å². The maximum absolute atomic E-state index is 13.2. The van der Waals surface area contributed by atoms with Crippen LogP contribution in [0.3, 0.4) is 0 Å². The molecule has 0 heterocycles. The molecule has 0 aromatic heterocycles. The molecule has 1 N–H and O–H groups in total. The van der Waals surface area contributed by atoms with Gasteiger partial charge in [-0.3, -0.25) is 4.79 Å². The minimum absolute atomic E-state index is 0.0599. The summed E-state index contributed by atoms with van der Waals surface area (Å²) in [7, 11) is 0. The molecule has 0 spiro atoms. The van der Waals surface area contributed by atoms with Crippen LogP contribution in [0.2, 0.25) is 0 Å². The normalized spacial score (nSPS) is 12.1. The number of hydrogen-bond acceptors (Lipinski definition) is 1. The monoisotopic (exact) mass is 321 g/mol. The highest BCUT2D eigenvalue weighted by Crippen LogP contribution is 2.14. The summed E-state index contributed by atoms with van der Waals surface area (Å²) in [6.07, 6.45) is 11.8. The maximum atomic E-state index is 13.2. The van der Waals surface area contributed by atoms with Gasteiger partial charge in [0.2, 0.25) is 5.91 Å². The zero-order valence-corrected chi connectivity index (χ0v) is 14.7. The Balaban J connectivity index is 2.06. The second kappa shape index (κ2) is 12.1. The number of hydrogen-bond donors (Lipinski definition) is 1. The van der Waals surface area contributed by atoms with Crippen LogP contribution in [0.4, 0.5) is 4.39 Å². The van der Waals surface area contributed by atoms with Crippen molar-refractivity contribution in [2.24, 2.45) is 0 Å². The lowest BCUT2D eigenvalue weighted by molar-refractivity contribution is -0.121. The topological polar surface area (TPSA) is 29.1 Å². The van der Waals surface area contributed by atoms with Crippen molar-refractivity contribution in [1.29, 1.82) is 0 Å². The van der Waals surface area contributed by atoms with Crippen LogP contribution in [-0.2, 0) is 4.79 Å². The highest BCUT2D eigenvalue weighted by Gasteiger charge is 2.09. The molecule has 0 aliphatic carbocycles. The number of nitrogens with one attached hydrogen (secondary N) is 1. The largest absolute Gasteiger partial charge is 0.350 e. The Bertz CT molecular complexity index is 447. The summed E-state index contributed by atoms with van der Waals surface area (Å²) in [6.45, 7) is 4.13. The lowest BCUT2D eigenvalue weighted by Gasteiger charge is -2.14. The van der Waals surface area contributed by atoms with Gasteiger partial charge in [0, 0.05) is 6.42 Å². The molecule has 0 fully saturated rings. The first-order valence-electron chi connectivity index (χ1n) is 9.18. The SMILES string of the molecule is CCCCCCCCCCCC(=O)N[C@H](C)c1cccc(F)c1. The first kappa shape index (κ1) is 19.7. The molecule has 1 amide bonds. The summed E-state index contributed by atoms with van der Waals surface area (Å²) < 4.78 is 13.2. The van der Waals surface area contributed by atoms with Crippen molar-refractivity contribution in [3.8, 4) is 0 Å². The second-order valence-electron chi connectivity index (χ2n) is 6.42. The van der Waals surface area contributed by atoms with E-state index in [2.05, 4.69) is 12.2 Å². The fraction of sp³-hybridized carbons (Fsp3) is 0.650. The zero-order chi connectivity index (χ0) is 16.9. The van der Waals surface area contributed by atoms with E-state index in [9.17, 15) is 9.18 Å². The third-order valence-corrected chi connectivity index (χ3v) is 4.23. The van der Waals surface area contributed by atoms with E-state index in [0.717, 1.165) is 18.4 Å². The molecule has 2 nitrogen and oxygen atoms in total. The lowest BCUT2D eigenvalue weighted by atomic mass is 10.1. The smallest absolute Gasteiger partial charge is 0.220 e. The summed E-state index contributed by atoms with van der Waals surface area (Å²) in [5.74, 6) is -0.202. The quantitative estimate of drug-likeness (QED) is 0.475. The number of halogens is 1. The van der Waals surface area contributed by atoms with Gasteiger partial charge in [0.1, 0.15) is 5.82 Å². The van der Waals surface area contributed by atoms with Crippen molar-refractivity contribution in [3.05, 3.63) is 35.6 Å². The van der Waals surface area contributed by atoms with Gasteiger partial charge in [-0.05, 0) is 31.0 Å². The van der Waals surface area contributed by atoms with Crippen LogP contribution < -0.4 is 5.32 Å². The highest BCUT2D eigenvalue weighted by molar-refractivity contribution is 5.76. The Hall–Kier alpha value is -1.38. The van der Waals surface area contributed by atoms with Gasteiger partial charge in [0.25, 0.3) is 0 Å². The Kier molecular flexibility index (Phi) is 10.3. The van der Waals surface area contributed by atoms with Crippen molar-refractivity contribution in [2.45, 2.75) is 84.1 Å². The molecule has 3 heteroatoms. The van der Waals surface area contributed by atoms with E-state index in [0.29, 0.717) is 6.42 Å². The summed E-state index contributed by atoms with van der Waals surface area (Å²) in [4.78, 5) is 11.9. The number of carbonyl (C=O) groups is 1. The predicted octanol–water partition coefficient (Wildman–Crippen LogP) is 5.92. The molecule has 1 rings (SSSR count). The summed E-state index contributed by atoms with van der Waals surface area (Å²) in [5.41, 5.74) is 0.811. The van der Waals surface area contributed by atoms with Gasteiger partial charge in [-0.15, -0.1) is 0 Å². The average molecular weight is 321 g/mol. The van der Waals surface area contributed by atoms with Crippen LogP contribution in [0.15, 0.2) is 24.3 Å². The van der Waals surface area contributed by atoms with E-state index in [1.165, 1.54) is 57.1 Å². The van der Waals surface area contributed by atoms with Gasteiger partial charge in [-0.1, -0.05) is 70.4 Å². The van der Waals surface area contributed by atoms with Gasteiger partial charge >= 0.3 is 0 Å². The molecule has 0 radical (unpaired) electrons. The van der Waals surface area contributed by atoms with Gasteiger partial charge < -0.3 is 5.32 Å². The molecular formula is C20H32FNO. The molecule has 23 heavy (non-hydrogen) atoms. The fourth-order valence-electron chi connectivity index (χ4n) is 2.77. The Morgan fingerprint density at radius 2 is 1.65 bits per heavy atom. The first-order valence-corrected chi connectivity index (χ1v) is 9.18. The minimum atomic E-state index is -0.262. The standard InChI is InChI=1S/C20H32FNO/c1-3-4-5-6-7-8-9-10-11-15-20(23)22-17(2)18-13-12-14-19(21)16-18/h12-14,16-17H,3-11,15H2,1-2H3,(H,22,23)/t17-/m1/s1. The van der Waals surface area contributed by atoms with Crippen molar-refractivity contribution in [2.75, 3.05) is 0 Å². The Labute approximate surface area is 140 Å². The van der Waals surface area contributed by atoms with Crippen LogP contribution in [0.1, 0.15) is 89.7 Å². The number of benzene rings is 1. The molecule has 0 aliphatic heterocycles. The molecule has 0 unspecified atom stereocenters. The van der Waals surface area contributed by atoms with Crippen LogP contribution in [0, 0.1) is 5.82 Å². The van der Waals surface area contributed by atoms with Crippen molar-refractivity contribution in [1.82, 2.24) is 5.32 Å². The van der Waals surface area contributed by atoms with E-state index >= 15 is 0 Å². The van der Waals surface area contributed by atoms with Crippen LogP contribution in [0.5, 0.6) is 0 Å². The number of carbonyl (C=O) groups excluding carboxylic acids is 1. The van der Waals surface area contributed by atoms with Gasteiger partial charge in [-0.25, -0.2) is 4.39 Å². The lowest BCUT2D eigenvalue weighted by Crippen LogP contribution is -2.26. The average Bonchev–Trinajstić information content (AvgIpc) is 2.53. The van der Waals surface area contributed by atoms with E-state index in [4.69, 9.17) is 0 Å². The minimum Gasteiger partial charge on any atom is -0.350 e. The molecule has 0 bridgehead atoms. The summed E-state index contributed by atoms with van der Waals surface area (Å²) in [6, 6.07) is 6.27.